The molecule has 0 aliphatic heterocycles. The SMILES string of the molecule is COCC(CCO)NCC(O)COCc1ccccc1F. The van der Waals surface area contributed by atoms with E-state index in [4.69, 9.17) is 14.6 Å². The summed E-state index contributed by atoms with van der Waals surface area (Å²) in [5.74, 6) is -0.312. The van der Waals surface area contributed by atoms with Crippen LogP contribution in [0.4, 0.5) is 4.39 Å². The molecule has 0 aliphatic carbocycles. The number of hydrogen-bond donors (Lipinski definition) is 3. The molecular formula is C15H24FNO4. The maximum atomic E-state index is 13.3. The van der Waals surface area contributed by atoms with Crippen molar-refractivity contribution in [2.24, 2.45) is 0 Å². The highest BCUT2D eigenvalue weighted by molar-refractivity contribution is 5.16. The molecule has 5 nitrogen and oxygen atoms in total. The predicted molar refractivity (Wildman–Crippen MR) is 77.4 cm³/mol. The second kappa shape index (κ2) is 10.6. The Bertz CT molecular complexity index is 386. The summed E-state index contributed by atoms with van der Waals surface area (Å²) in [5, 5.41) is 21.8. The van der Waals surface area contributed by atoms with Crippen LogP contribution in [0.3, 0.4) is 0 Å². The van der Waals surface area contributed by atoms with Gasteiger partial charge in [0.2, 0.25) is 0 Å². The first-order valence-electron chi connectivity index (χ1n) is 6.99. The first-order chi connectivity index (χ1) is 10.2. The number of aliphatic hydroxyl groups is 2. The quantitative estimate of drug-likeness (QED) is 0.561. The third-order valence-electron chi connectivity index (χ3n) is 3.01. The largest absolute Gasteiger partial charge is 0.396 e. The molecule has 0 amide bonds. The van der Waals surface area contributed by atoms with Crippen molar-refractivity contribution in [1.29, 1.82) is 0 Å². The summed E-state index contributed by atoms with van der Waals surface area (Å²) in [5.41, 5.74) is 0.468. The minimum Gasteiger partial charge on any atom is -0.396 e. The van der Waals surface area contributed by atoms with Gasteiger partial charge in [-0.15, -0.1) is 0 Å². The van der Waals surface area contributed by atoms with E-state index in [1.807, 2.05) is 0 Å². The number of rotatable bonds is 11. The van der Waals surface area contributed by atoms with Crippen molar-refractivity contribution in [2.75, 3.05) is 33.5 Å². The standard InChI is InChI=1S/C15H24FNO4/c1-20-10-13(6-7-18)17-8-14(19)11-21-9-12-4-2-3-5-15(12)16/h2-5,13-14,17-19H,6-11H2,1H3. The number of halogens is 1. The predicted octanol–water partition coefficient (Wildman–Crippen LogP) is 0.690. The molecule has 0 heterocycles. The lowest BCUT2D eigenvalue weighted by Crippen LogP contribution is -2.40. The highest BCUT2D eigenvalue weighted by Gasteiger charge is 2.11. The van der Waals surface area contributed by atoms with E-state index in [9.17, 15) is 9.50 Å². The summed E-state index contributed by atoms with van der Waals surface area (Å²) >= 11 is 0. The van der Waals surface area contributed by atoms with Gasteiger partial charge in [0.15, 0.2) is 0 Å². The van der Waals surface area contributed by atoms with Gasteiger partial charge in [-0.05, 0) is 12.5 Å². The molecule has 0 spiro atoms. The summed E-state index contributed by atoms with van der Waals surface area (Å²) in [6.45, 7) is 1.08. The molecule has 0 saturated carbocycles. The van der Waals surface area contributed by atoms with Crippen molar-refractivity contribution in [2.45, 2.75) is 25.2 Å². The molecule has 1 aromatic carbocycles. The van der Waals surface area contributed by atoms with Crippen LogP contribution in [0.1, 0.15) is 12.0 Å². The summed E-state index contributed by atoms with van der Waals surface area (Å²) in [6, 6.07) is 6.37. The fraction of sp³-hybridized carbons (Fsp3) is 0.600. The highest BCUT2D eigenvalue weighted by Crippen LogP contribution is 2.07. The Balaban J connectivity index is 2.21. The van der Waals surface area contributed by atoms with Crippen LogP contribution in [0.25, 0.3) is 0 Å². The van der Waals surface area contributed by atoms with Crippen LogP contribution in [-0.2, 0) is 16.1 Å². The van der Waals surface area contributed by atoms with Gasteiger partial charge in [-0.1, -0.05) is 18.2 Å². The molecule has 0 radical (unpaired) electrons. The van der Waals surface area contributed by atoms with Gasteiger partial charge in [-0.2, -0.15) is 0 Å². The molecule has 0 saturated heterocycles. The lowest BCUT2D eigenvalue weighted by molar-refractivity contribution is 0.0243. The molecule has 120 valence electrons. The Kier molecular flexibility index (Phi) is 9.12. The zero-order chi connectivity index (χ0) is 15.5. The zero-order valence-corrected chi connectivity index (χ0v) is 12.3. The van der Waals surface area contributed by atoms with E-state index in [1.165, 1.54) is 6.07 Å². The monoisotopic (exact) mass is 301 g/mol. The van der Waals surface area contributed by atoms with E-state index >= 15 is 0 Å². The average molecular weight is 301 g/mol. The van der Waals surface area contributed by atoms with Gasteiger partial charge in [0, 0.05) is 31.9 Å². The fourth-order valence-corrected chi connectivity index (χ4v) is 1.88. The van der Waals surface area contributed by atoms with Crippen molar-refractivity contribution < 1.29 is 24.1 Å². The second-order valence-corrected chi connectivity index (χ2v) is 4.83. The maximum absolute atomic E-state index is 13.3. The van der Waals surface area contributed by atoms with E-state index < -0.39 is 6.10 Å². The van der Waals surface area contributed by atoms with Crippen molar-refractivity contribution in [3.8, 4) is 0 Å². The van der Waals surface area contributed by atoms with Crippen molar-refractivity contribution in [3.63, 3.8) is 0 Å². The summed E-state index contributed by atoms with van der Waals surface area (Å²) in [7, 11) is 1.58. The molecule has 0 aliphatic rings. The molecule has 2 unspecified atom stereocenters. The van der Waals surface area contributed by atoms with E-state index in [0.717, 1.165) is 0 Å². The lowest BCUT2D eigenvalue weighted by atomic mass is 10.2. The van der Waals surface area contributed by atoms with Crippen LogP contribution in [0, 0.1) is 5.82 Å². The number of aliphatic hydroxyl groups excluding tert-OH is 2. The summed E-state index contributed by atoms with van der Waals surface area (Å²) in [6.07, 6.45) is -0.147. The molecular weight excluding hydrogens is 277 g/mol. The molecule has 21 heavy (non-hydrogen) atoms. The molecule has 0 bridgehead atoms. The molecule has 3 N–H and O–H groups in total. The number of benzene rings is 1. The van der Waals surface area contributed by atoms with Gasteiger partial charge < -0.3 is 25.0 Å². The molecule has 2 atom stereocenters. The minimum absolute atomic E-state index is 0.0128. The molecule has 0 fully saturated rings. The average Bonchev–Trinajstić information content (AvgIpc) is 2.47. The minimum atomic E-state index is -0.699. The van der Waals surface area contributed by atoms with Crippen molar-refractivity contribution >= 4 is 0 Å². The van der Waals surface area contributed by atoms with Gasteiger partial charge in [-0.25, -0.2) is 4.39 Å². The third-order valence-corrected chi connectivity index (χ3v) is 3.01. The first kappa shape index (κ1) is 18.0. The number of hydrogen-bond acceptors (Lipinski definition) is 5. The van der Waals surface area contributed by atoms with E-state index in [1.54, 1.807) is 25.3 Å². The summed E-state index contributed by atoms with van der Waals surface area (Å²) < 4.78 is 23.7. The van der Waals surface area contributed by atoms with Crippen LogP contribution >= 0.6 is 0 Å². The zero-order valence-electron chi connectivity index (χ0n) is 12.3. The van der Waals surface area contributed by atoms with Crippen LogP contribution < -0.4 is 5.32 Å². The summed E-state index contributed by atoms with van der Waals surface area (Å²) in [4.78, 5) is 0. The lowest BCUT2D eigenvalue weighted by Gasteiger charge is -2.19. The number of nitrogens with one attached hydrogen (secondary N) is 1. The van der Waals surface area contributed by atoms with Crippen LogP contribution in [0.15, 0.2) is 24.3 Å². The number of methoxy groups -OCH3 is 1. The van der Waals surface area contributed by atoms with Gasteiger partial charge in [-0.3, -0.25) is 0 Å². The third kappa shape index (κ3) is 7.50. The Labute approximate surface area is 124 Å². The molecule has 6 heteroatoms. The topological polar surface area (TPSA) is 71.0 Å². The van der Waals surface area contributed by atoms with Gasteiger partial charge in [0.25, 0.3) is 0 Å². The van der Waals surface area contributed by atoms with Crippen molar-refractivity contribution in [1.82, 2.24) is 5.32 Å². The highest BCUT2D eigenvalue weighted by atomic mass is 19.1. The molecule has 0 aromatic heterocycles. The molecule has 1 aromatic rings. The van der Waals surface area contributed by atoms with Gasteiger partial charge in [0.1, 0.15) is 5.82 Å². The smallest absolute Gasteiger partial charge is 0.128 e. The fourth-order valence-electron chi connectivity index (χ4n) is 1.88. The second-order valence-electron chi connectivity index (χ2n) is 4.83. The van der Waals surface area contributed by atoms with E-state index in [2.05, 4.69) is 5.32 Å². The maximum Gasteiger partial charge on any atom is 0.128 e. The molecule has 1 rings (SSSR count). The van der Waals surface area contributed by atoms with Crippen LogP contribution in [0.5, 0.6) is 0 Å². The Morgan fingerprint density at radius 1 is 1.29 bits per heavy atom. The van der Waals surface area contributed by atoms with Crippen molar-refractivity contribution in [3.05, 3.63) is 35.6 Å². The van der Waals surface area contributed by atoms with Gasteiger partial charge >= 0.3 is 0 Å². The Hall–Kier alpha value is -1.05. The Morgan fingerprint density at radius 2 is 2.05 bits per heavy atom. The van der Waals surface area contributed by atoms with Crippen LogP contribution in [0.2, 0.25) is 0 Å². The van der Waals surface area contributed by atoms with Gasteiger partial charge in [0.05, 0.1) is 25.9 Å². The van der Waals surface area contributed by atoms with E-state index in [-0.39, 0.29) is 31.7 Å². The van der Waals surface area contributed by atoms with E-state index in [0.29, 0.717) is 25.1 Å². The van der Waals surface area contributed by atoms with Crippen LogP contribution in [-0.4, -0.2) is 55.8 Å². The number of ether oxygens (including phenoxy) is 2. The first-order valence-corrected chi connectivity index (χ1v) is 6.99. The normalized spacial score (nSPS) is 14.1. The Morgan fingerprint density at radius 3 is 2.71 bits per heavy atom.